The molecule has 2 unspecified atom stereocenters. The number of nitrogens with one attached hydrogen (secondary N) is 6. The summed E-state index contributed by atoms with van der Waals surface area (Å²) in [5.41, 5.74) is 15.0. The highest BCUT2D eigenvalue weighted by Crippen LogP contribution is 2.12. The van der Waals surface area contributed by atoms with E-state index in [-0.39, 0.29) is 35.4 Å². The Morgan fingerprint density at radius 1 is 0.600 bits per heavy atom. The molecule has 1 saturated heterocycles. The third kappa shape index (κ3) is 13.6. The molecule has 6 amide bonds. The lowest BCUT2D eigenvalue weighted by Crippen LogP contribution is -2.61. The summed E-state index contributed by atoms with van der Waals surface area (Å²) in [6, 6.07) is 12.3. The van der Waals surface area contributed by atoms with Crippen molar-refractivity contribution in [3.8, 4) is 0 Å². The Labute approximate surface area is 293 Å². The molecule has 2 aromatic rings. The lowest BCUT2D eigenvalue weighted by Gasteiger charge is -2.29. The van der Waals surface area contributed by atoms with Crippen LogP contribution in [0.25, 0.3) is 0 Å². The number of piperazine rings is 1. The van der Waals surface area contributed by atoms with Crippen molar-refractivity contribution in [1.29, 1.82) is 0 Å². The van der Waals surface area contributed by atoms with Crippen LogP contribution in [0.2, 0.25) is 0 Å². The van der Waals surface area contributed by atoms with E-state index >= 15 is 0 Å². The smallest absolute Gasteiger partial charge is 0.243 e. The second-order valence-electron chi connectivity index (χ2n) is 12.7. The third-order valence-electron chi connectivity index (χ3n) is 8.49. The molecule has 3 rings (SSSR count). The molecular weight excluding hydrogens is 640 g/mol. The summed E-state index contributed by atoms with van der Waals surface area (Å²) in [6.07, 6.45) is 3.86. The SMILES string of the molecule is CC(=O)NC(Cc1ccc(CN)cc1)C(=O)NCCCC[C@H]1NC(=O)[C@@H](CCCCNC(=O)C(Cc2ccc(CN)cc2)NC(C)=O)NC1=O. The van der Waals surface area contributed by atoms with Crippen LogP contribution < -0.4 is 43.4 Å². The van der Waals surface area contributed by atoms with E-state index in [1.165, 1.54) is 13.8 Å². The van der Waals surface area contributed by atoms with Gasteiger partial charge in [-0.2, -0.15) is 0 Å². The van der Waals surface area contributed by atoms with Crippen molar-refractivity contribution in [2.24, 2.45) is 11.5 Å². The number of nitrogens with two attached hydrogens (primary N) is 2. The lowest BCUT2D eigenvalue weighted by molar-refractivity contribution is -0.137. The topological polar surface area (TPSA) is 227 Å². The Morgan fingerprint density at radius 2 is 0.940 bits per heavy atom. The van der Waals surface area contributed by atoms with Crippen molar-refractivity contribution < 1.29 is 28.8 Å². The molecule has 10 N–H and O–H groups in total. The molecule has 1 aliphatic rings. The maximum atomic E-state index is 12.8. The highest BCUT2D eigenvalue weighted by Gasteiger charge is 2.32. The average molecular weight is 693 g/mol. The number of rotatable bonds is 20. The lowest BCUT2D eigenvalue weighted by atomic mass is 10.0. The van der Waals surface area contributed by atoms with E-state index in [9.17, 15) is 28.8 Å². The van der Waals surface area contributed by atoms with Gasteiger partial charge in [-0.25, -0.2) is 0 Å². The summed E-state index contributed by atoms with van der Waals surface area (Å²) in [5.74, 6) is -1.71. The third-order valence-corrected chi connectivity index (χ3v) is 8.49. The summed E-state index contributed by atoms with van der Waals surface area (Å²) in [6.45, 7) is 4.28. The Kier molecular flexibility index (Phi) is 16.4. The van der Waals surface area contributed by atoms with Gasteiger partial charge in [-0.3, -0.25) is 28.8 Å². The van der Waals surface area contributed by atoms with Crippen LogP contribution in [-0.4, -0.2) is 72.7 Å². The van der Waals surface area contributed by atoms with Crippen molar-refractivity contribution in [2.75, 3.05) is 13.1 Å². The molecule has 0 bridgehead atoms. The molecule has 0 aromatic heterocycles. The molecule has 0 spiro atoms. The largest absolute Gasteiger partial charge is 0.354 e. The first-order chi connectivity index (χ1) is 24.0. The normalized spacial score (nSPS) is 16.7. The first-order valence-corrected chi connectivity index (χ1v) is 17.2. The number of hydrogen-bond acceptors (Lipinski definition) is 8. The van der Waals surface area contributed by atoms with E-state index in [0.717, 1.165) is 22.3 Å². The van der Waals surface area contributed by atoms with Crippen molar-refractivity contribution in [2.45, 2.75) is 102 Å². The second kappa shape index (κ2) is 20.6. The number of carbonyl (C=O) groups is 6. The average Bonchev–Trinajstić information content (AvgIpc) is 3.09. The van der Waals surface area contributed by atoms with Gasteiger partial charge < -0.3 is 43.4 Å². The van der Waals surface area contributed by atoms with Crippen molar-refractivity contribution in [3.63, 3.8) is 0 Å². The number of amides is 6. The number of hydrogen-bond donors (Lipinski definition) is 8. The number of carbonyl (C=O) groups excluding carboxylic acids is 6. The number of benzene rings is 2. The molecule has 0 saturated carbocycles. The van der Waals surface area contributed by atoms with Gasteiger partial charge in [-0.05, 0) is 60.8 Å². The summed E-state index contributed by atoms with van der Waals surface area (Å²) >= 11 is 0. The van der Waals surface area contributed by atoms with Gasteiger partial charge in [0.05, 0.1) is 0 Å². The fraction of sp³-hybridized carbons (Fsp3) is 0.500. The first kappa shape index (κ1) is 39.6. The predicted octanol–water partition coefficient (Wildman–Crippen LogP) is -0.0452. The Bertz CT molecular complexity index is 1340. The van der Waals surface area contributed by atoms with Gasteiger partial charge >= 0.3 is 0 Å². The van der Waals surface area contributed by atoms with Gasteiger partial charge in [0.1, 0.15) is 24.2 Å². The van der Waals surface area contributed by atoms with Gasteiger partial charge in [0.15, 0.2) is 0 Å². The molecule has 4 atom stereocenters. The van der Waals surface area contributed by atoms with E-state index in [1.54, 1.807) is 0 Å². The Morgan fingerprint density at radius 3 is 1.26 bits per heavy atom. The highest BCUT2D eigenvalue weighted by molar-refractivity contribution is 5.96. The molecule has 0 aliphatic carbocycles. The minimum atomic E-state index is -0.723. The zero-order valence-electron chi connectivity index (χ0n) is 29.0. The molecule has 2 aromatic carbocycles. The van der Waals surface area contributed by atoms with E-state index in [0.29, 0.717) is 77.5 Å². The summed E-state index contributed by atoms with van der Waals surface area (Å²) in [5, 5.41) is 16.7. The van der Waals surface area contributed by atoms with Gasteiger partial charge in [0, 0.05) is 52.9 Å². The Hall–Kier alpha value is -4.82. The fourth-order valence-electron chi connectivity index (χ4n) is 5.70. The van der Waals surface area contributed by atoms with Crippen LogP contribution in [0.1, 0.15) is 74.6 Å². The van der Waals surface area contributed by atoms with E-state index in [4.69, 9.17) is 11.5 Å². The maximum absolute atomic E-state index is 12.8. The molecule has 14 nitrogen and oxygen atoms in total. The second-order valence-corrected chi connectivity index (χ2v) is 12.7. The molecule has 0 radical (unpaired) electrons. The fourth-order valence-corrected chi connectivity index (χ4v) is 5.70. The van der Waals surface area contributed by atoms with Crippen molar-refractivity contribution in [3.05, 3.63) is 70.8 Å². The van der Waals surface area contributed by atoms with Crippen LogP contribution in [0.3, 0.4) is 0 Å². The quantitative estimate of drug-likeness (QED) is 0.0876. The van der Waals surface area contributed by atoms with Gasteiger partial charge in [-0.15, -0.1) is 0 Å². The minimum Gasteiger partial charge on any atom is -0.354 e. The molecule has 272 valence electrons. The minimum absolute atomic E-state index is 0.254. The zero-order chi connectivity index (χ0) is 36.5. The molecule has 1 fully saturated rings. The first-order valence-electron chi connectivity index (χ1n) is 17.2. The summed E-state index contributed by atoms with van der Waals surface area (Å²) < 4.78 is 0. The van der Waals surface area contributed by atoms with Crippen LogP contribution in [0.5, 0.6) is 0 Å². The van der Waals surface area contributed by atoms with Crippen LogP contribution in [-0.2, 0) is 54.7 Å². The van der Waals surface area contributed by atoms with Crippen molar-refractivity contribution in [1.82, 2.24) is 31.9 Å². The Balaban J connectivity index is 1.33. The summed E-state index contributed by atoms with van der Waals surface area (Å²) in [7, 11) is 0. The van der Waals surface area contributed by atoms with Crippen molar-refractivity contribution >= 4 is 35.4 Å². The molecule has 1 heterocycles. The molecule has 50 heavy (non-hydrogen) atoms. The van der Waals surface area contributed by atoms with E-state index < -0.39 is 24.2 Å². The van der Waals surface area contributed by atoms with Crippen LogP contribution in [0.4, 0.5) is 0 Å². The van der Waals surface area contributed by atoms with E-state index in [2.05, 4.69) is 31.9 Å². The standard InChI is InChI=1S/C36H52N8O6/c1-23(45)41-31(19-25-9-13-27(21-37)14-10-25)33(47)39-17-5-3-7-29-35(49)44-30(36(50)43-29)8-4-6-18-40-34(48)32(42-24(2)46)20-26-11-15-28(22-38)16-12-26/h9-16,29-32H,3-8,17-22,37-38H2,1-2H3,(H,39,47)(H,40,48)(H,41,45)(H,42,46)(H,43,50)(H,44,49)/t29-,30-,31?,32?/m1/s1. The zero-order valence-corrected chi connectivity index (χ0v) is 29.0. The van der Waals surface area contributed by atoms with Gasteiger partial charge in [0.2, 0.25) is 35.4 Å². The molecule has 1 aliphatic heterocycles. The highest BCUT2D eigenvalue weighted by atomic mass is 16.2. The van der Waals surface area contributed by atoms with Gasteiger partial charge in [0.25, 0.3) is 0 Å². The van der Waals surface area contributed by atoms with Crippen LogP contribution in [0.15, 0.2) is 48.5 Å². The molecule has 14 heteroatoms. The maximum Gasteiger partial charge on any atom is 0.243 e. The summed E-state index contributed by atoms with van der Waals surface area (Å²) in [4.78, 5) is 74.5. The van der Waals surface area contributed by atoms with E-state index in [1.807, 2.05) is 48.5 Å². The van der Waals surface area contributed by atoms with Gasteiger partial charge in [-0.1, -0.05) is 48.5 Å². The monoisotopic (exact) mass is 692 g/mol. The van der Waals surface area contributed by atoms with Crippen LogP contribution >= 0.6 is 0 Å². The van der Waals surface area contributed by atoms with Crippen LogP contribution in [0, 0.1) is 0 Å². The molecular formula is C36H52N8O6. The number of unbranched alkanes of at least 4 members (excludes halogenated alkanes) is 2. The predicted molar refractivity (Wildman–Crippen MR) is 189 cm³/mol.